The number of aryl methyl sites for hydroxylation is 1. The lowest BCUT2D eigenvalue weighted by Crippen LogP contribution is -2.40. The van der Waals surface area contributed by atoms with Crippen molar-refractivity contribution in [1.29, 1.82) is 0 Å². The number of rotatable bonds is 4. The molecule has 3 rings (SSSR count). The number of thiophene rings is 1. The van der Waals surface area contributed by atoms with Crippen molar-refractivity contribution in [1.82, 2.24) is 15.1 Å². The number of hydrogen-bond acceptors (Lipinski definition) is 3. The summed E-state index contributed by atoms with van der Waals surface area (Å²) in [5.74, 6) is 0. The van der Waals surface area contributed by atoms with Crippen molar-refractivity contribution in [3.8, 4) is 5.69 Å². The highest BCUT2D eigenvalue weighted by molar-refractivity contribution is 7.14. The summed E-state index contributed by atoms with van der Waals surface area (Å²) in [4.78, 5) is 12.1. The van der Waals surface area contributed by atoms with Crippen molar-refractivity contribution in [2.45, 2.75) is 26.1 Å². The largest absolute Gasteiger partial charge is 0.413 e. The third kappa shape index (κ3) is 4.13. The fraction of sp³-hybridized carbons (Fsp3) is 0.222. The Labute approximate surface area is 157 Å². The SMILES string of the molecule is Cc1nn(-c2ccccc2)c(C)c1C(NC(=O)Nc1cccs1)C(F)(F)F. The summed E-state index contributed by atoms with van der Waals surface area (Å²) in [5.41, 5.74) is 1.11. The predicted octanol–water partition coefficient (Wildman–Crippen LogP) is 4.98. The van der Waals surface area contributed by atoms with Crippen molar-refractivity contribution >= 4 is 22.4 Å². The van der Waals surface area contributed by atoms with E-state index in [4.69, 9.17) is 0 Å². The van der Waals surface area contributed by atoms with Gasteiger partial charge in [-0.1, -0.05) is 18.2 Å². The summed E-state index contributed by atoms with van der Waals surface area (Å²) in [6.07, 6.45) is -4.67. The lowest BCUT2D eigenvalue weighted by Gasteiger charge is -2.22. The first-order chi connectivity index (χ1) is 12.8. The minimum atomic E-state index is -4.67. The fourth-order valence-corrected chi connectivity index (χ4v) is 3.45. The number of aromatic nitrogens is 2. The van der Waals surface area contributed by atoms with Crippen LogP contribution in [0.25, 0.3) is 5.69 Å². The summed E-state index contributed by atoms with van der Waals surface area (Å²) in [7, 11) is 0. The number of urea groups is 1. The van der Waals surface area contributed by atoms with Crippen LogP contribution < -0.4 is 10.6 Å². The highest BCUT2D eigenvalue weighted by atomic mass is 32.1. The maximum atomic E-state index is 13.7. The van der Waals surface area contributed by atoms with Crippen LogP contribution in [0.1, 0.15) is 23.0 Å². The van der Waals surface area contributed by atoms with Crippen molar-refractivity contribution < 1.29 is 18.0 Å². The Hall–Kier alpha value is -2.81. The monoisotopic (exact) mass is 394 g/mol. The van der Waals surface area contributed by atoms with E-state index in [0.717, 1.165) is 0 Å². The van der Waals surface area contributed by atoms with E-state index in [1.807, 2.05) is 11.4 Å². The molecule has 0 aliphatic carbocycles. The summed E-state index contributed by atoms with van der Waals surface area (Å²) in [6.45, 7) is 3.05. The molecule has 1 atom stereocenters. The van der Waals surface area contributed by atoms with Gasteiger partial charge in [-0.25, -0.2) is 9.48 Å². The molecule has 3 aromatic rings. The molecule has 142 valence electrons. The third-order valence-electron chi connectivity index (χ3n) is 4.00. The highest BCUT2D eigenvalue weighted by Crippen LogP contribution is 2.36. The molecule has 0 saturated heterocycles. The molecule has 0 aliphatic rings. The zero-order valence-electron chi connectivity index (χ0n) is 14.5. The van der Waals surface area contributed by atoms with Gasteiger partial charge in [0.05, 0.1) is 16.4 Å². The number of carbonyl (C=O) groups excluding carboxylic acids is 1. The summed E-state index contributed by atoms with van der Waals surface area (Å²) in [5, 5.41) is 10.9. The first-order valence-electron chi connectivity index (χ1n) is 8.06. The quantitative estimate of drug-likeness (QED) is 0.656. The number of hydrogen-bond donors (Lipinski definition) is 2. The molecule has 9 heteroatoms. The second-order valence-electron chi connectivity index (χ2n) is 5.88. The average Bonchev–Trinajstić information content (AvgIpc) is 3.21. The lowest BCUT2D eigenvalue weighted by atomic mass is 10.0. The van der Waals surface area contributed by atoms with Crippen molar-refractivity contribution in [3.63, 3.8) is 0 Å². The van der Waals surface area contributed by atoms with Gasteiger partial charge in [-0.3, -0.25) is 5.32 Å². The molecule has 27 heavy (non-hydrogen) atoms. The number of carbonyl (C=O) groups is 1. The second-order valence-corrected chi connectivity index (χ2v) is 6.83. The Balaban J connectivity index is 1.94. The Morgan fingerprint density at radius 3 is 2.44 bits per heavy atom. The minimum Gasteiger partial charge on any atom is -0.322 e. The number of nitrogens with zero attached hydrogens (tertiary/aromatic N) is 2. The molecule has 0 bridgehead atoms. The molecule has 1 aromatic carbocycles. The number of para-hydroxylation sites is 1. The van der Waals surface area contributed by atoms with Crippen LogP contribution in [0.5, 0.6) is 0 Å². The first-order valence-corrected chi connectivity index (χ1v) is 8.94. The molecule has 2 amide bonds. The second kappa shape index (κ2) is 7.43. The van der Waals surface area contributed by atoms with E-state index in [1.165, 1.54) is 22.9 Å². The van der Waals surface area contributed by atoms with Crippen molar-refractivity contribution in [3.05, 3.63) is 64.8 Å². The lowest BCUT2D eigenvalue weighted by molar-refractivity contribution is -0.155. The van der Waals surface area contributed by atoms with Gasteiger partial charge in [0.15, 0.2) is 6.04 Å². The van der Waals surface area contributed by atoms with E-state index < -0.39 is 18.2 Å². The first kappa shape index (κ1) is 19.0. The van der Waals surface area contributed by atoms with Crippen molar-refractivity contribution in [2.24, 2.45) is 0 Å². The molecule has 2 aromatic heterocycles. The average molecular weight is 394 g/mol. The van der Waals surface area contributed by atoms with Crippen LogP contribution in [-0.4, -0.2) is 22.0 Å². The number of alkyl halides is 3. The van der Waals surface area contributed by atoms with Gasteiger partial charge >= 0.3 is 12.2 Å². The molecule has 2 N–H and O–H groups in total. The Bertz CT molecular complexity index is 920. The maximum absolute atomic E-state index is 13.7. The van der Waals surface area contributed by atoms with Crippen LogP contribution in [0.15, 0.2) is 47.8 Å². The van der Waals surface area contributed by atoms with E-state index in [0.29, 0.717) is 16.4 Å². The van der Waals surface area contributed by atoms with E-state index in [2.05, 4.69) is 10.4 Å². The van der Waals surface area contributed by atoms with Gasteiger partial charge in [-0.2, -0.15) is 18.3 Å². The van der Waals surface area contributed by atoms with Crippen molar-refractivity contribution in [2.75, 3.05) is 5.32 Å². The number of amides is 2. The standard InChI is InChI=1S/C18H17F3N4OS/c1-11-15(12(2)25(24-11)13-7-4-3-5-8-13)16(18(19,20)21)23-17(26)22-14-9-6-10-27-14/h3-10,16H,1-2H3,(H2,22,23,26). The maximum Gasteiger partial charge on any atom is 0.413 e. The van der Waals surface area contributed by atoms with Crippen LogP contribution in [-0.2, 0) is 0 Å². The summed E-state index contributed by atoms with van der Waals surface area (Å²) in [6, 6.07) is 9.08. The van der Waals surface area contributed by atoms with Gasteiger partial charge in [-0.05, 0) is 43.5 Å². The topological polar surface area (TPSA) is 59.0 Å². The number of nitrogens with one attached hydrogen (secondary N) is 2. The van der Waals surface area contributed by atoms with Gasteiger partial charge in [0.2, 0.25) is 0 Å². The van der Waals surface area contributed by atoms with Gasteiger partial charge < -0.3 is 5.32 Å². The Morgan fingerprint density at radius 1 is 1.15 bits per heavy atom. The number of benzene rings is 1. The van der Waals surface area contributed by atoms with Crippen LogP contribution in [0.2, 0.25) is 0 Å². The molecule has 0 spiro atoms. The molecular weight excluding hydrogens is 377 g/mol. The van der Waals surface area contributed by atoms with Gasteiger partial charge in [0.25, 0.3) is 0 Å². The van der Waals surface area contributed by atoms with Gasteiger partial charge in [0, 0.05) is 11.3 Å². The molecule has 5 nitrogen and oxygen atoms in total. The van der Waals surface area contributed by atoms with E-state index >= 15 is 0 Å². The Morgan fingerprint density at radius 2 is 1.85 bits per heavy atom. The normalized spacial score (nSPS) is 12.6. The van der Waals surface area contributed by atoms with Crippen LogP contribution in [0.3, 0.4) is 0 Å². The summed E-state index contributed by atoms with van der Waals surface area (Å²) < 4.78 is 42.7. The number of halogens is 3. The van der Waals surface area contributed by atoms with Gasteiger partial charge in [0.1, 0.15) is 0 Å². The van der Waals surface area contributed by atoms with Gasteiger partial charge in [-0.15, -0.1) is 11.3 Å². The zero-order chi connectivity index (χ0) is 19.6. The minimum absolute atomic E-state index is 0.0623. The molecule has 1 unspecified atom stereocenters. The molecule has 0 aliphatic heterocycles. The third-order valence-corrected chi connectivity index (χ3v) is 4.78. The predicted molar refractivity (Wildman–Crippen MR) is 98.3 cm³/mol. The van der Waals surface area contributed by atoms with Crippen LogP contribution in [0, 0.1) is 13.8 Å². The van der Waals surface area contributed by atoms with E-state index in [9.17, 15) is 18.0 Å². The Kier molecular flexibility index (Phi) is 5.22. The molecule has 0 radical (unpaired) electrons. The van der Waals surface area contributed by atoms with Crippen LogP contribution in [0.4, 0.5) is 23.0 Å². The van der Waals surface area contributed by atoms with Crippen LogP contribution >= 0.6 is 11.3 Å². The zero-order valence-corrected chi connectivity index (χ0v) is 15.4. The van der Waals surface area contributed by atoms with E-state index in [-0.39, 0.29) is 11.3 Å². The molecule has 2 heterocycles. The molecule has 0 saturated carbocycles. The fourth-order valence-electron chi connectivity index (χ4n) is 2.84. The van der Waals surface area contributed by atoms with E-state index in [1.54, 1.807) is 48.7 Å². The molecular formula is C18H17F3N4OS. The molecule has 0 fully saturated rings. The highest BCUT2D eigenvalue weighted by Gasteiger charge is 2.44. The summed E-state index contributed by atoms with van der Waals surface area (Å²) >= 11 is 1.22. The smallest absolute Gasteiger partial charge is 0.322 e. The number of anilines is 1.